The molecule has 2 amide bonds. The van der Waals surface area contributed by atoms with E-state index in [-0.39, 0.29) is 18.4 Å². The molecule has 0 heterocycles. The quantitative estimate of drug-likeness (QED) is 0.793. The molecule has 2 aromatic carbocycles. The average molecular weight is 354 g/mol. The summed E-state index contributed by atoms with van der Waals surface area (Å²) in [5.41, 5.74) is 3.30. The van der Waals surface area contributed by atoms with Crippen LogP contribution in [0, 0.1) is 6.92 Å². The molecule has 138 valence electrons. The van der Waals surface area contributed by atoms with Crippen LogP contribution in [0.2, 0.25) is 0 Å². The van der Waals surface area contributed by atoms with Gasteiger partial charge in [0.05, 0.1) is 13.7 Å². The Kier molecular flexibility index (Phi) is 7.21. The van der Waals surface area contributed by atoms with Gasteiger partial charge in [0.1, 0.15) is 5.75 Å². The number of hydrogen-bond donors (Lipinski definition) is 1. The van der Waals surface area contributed by atoms with E-state index in [1.54, 1.807) is 12.0 Å². The summed E-state index contributed by atoms with van der Waals surface area (Å²) < 4.78 is 5.14. The van der Waals surface area contributed by atoms with Gasteiger partial charge in [-0.2, -0.15) is 0 Å². The standard InChI is InChI=1S/C21H26N2O3/c1-16-5-4-6-19(13-16)14-22-21(25)15-23(17(2)24)12-11-18-7-9-20(26-3)10-8-18/h4-10,13H,11-12,14-15H2,1-3H3,(H,22,25). The normalized spacial score (nSPS) is 10.3. The second-order valence-corrected chi connectivity index (χ2v) is 6.30. The van der Waals surface area contributed by atoms with Gasteiger partial charge in [-0.1, -0.05) is 42.0 Å². The summed E-state index contributed by atoms with van der Waals surface area (Å²) in [6, 6.07) is 15.7. The molecule has 2 aromatic rings. The first-order chi connectivity index (χ1) is 12.5. The Bertz CT molecular complexity index is 741. The summed E-state index contributed by atoms with van der Waals surface area (Å²) in [6.07, 6.45) is 0.689. The molecule has 5 heteroatoms. The predicted octanol–water partition coefficient (Wildman–Crippen LogP) is 2.71. The number of hydrogen-bond acceptors (Lipinski definition) is 3. The van der Waals surface area contributed by atoms with Crippen LogP contribution in [0.5, 0.6) is 5.75 Å². The highest BCUT2D eigenvalue weighted by molar-refractivity contribution is 5.83. The molecule has 0 atom stereocenters. The molecule has 5 nitrogen and oxygen atoms in total. The SMILES string of the molecule is COc1ccc(CCN(CC(=O)NCc2cccc(C)c2)C(C)=O)cc1. The van der Waals surface area contributed by atoms with Crippen molar-refractivity contribution in [2.45, 2.75) is 26.8 Å². The minimum Gasteiger partial charge on any atom is -0.497 e. The first-order valence-corrected chi connectivity index (χ1v) is 8.68. The molecule has 0 spiro atoms. The van der Waals surface area contributed by atoms with E-state index in [1.165, 1.54) is 6.92 Å². The van der Waals surface area contributed by atoms with Gasteiger partial charge in [-0.15, -0.1) is 0 Å². The molecule has 0 aliphatic heterocycles. The lowest BCUT2D eigenvalue weighted by molar-refractivity contribution is -0.134. The molecule has 1 N–H and O–H groups in total. The summed E-state index contributed by atoms with van der Waals surface area (Å²) in [5, 5.41) is 2.88. The maximum atomic E-state index is 12.2. The topological polar surface area (TPSA) is 58.6 Å². The zero-order valence-electron chi connectivity index (χ0n) is 15.6. The Morgan fingerprint density at radius 1 is 1.08 bits per heavy atom. The van der Waals surface area contributed by atoms with E-state index < -0.39 is 0 Å². The van der Waals surface area contributed by atoms with Crippen LogP contribution >= 0.6 is 0 Å². The fraction of sp³-hybridized carbons (Fsp3) is 0.333. The lowest BCUT2D eigenvalue weighted by atomic mass is 10.1. The number of rotatable bonds is 8. The predicted molar refractivity (Wildman–Crippen MR) is 102 cm³/mol. The summed E-state index contributed by atoms with van der Waals surface area (Å²) in [5.74, 6) is 0.536. The van der Waals surface area contributed by atoms with Crippen LogP contribution in [0.3, 0.4) is 0 Å². The molecule has 26 heavy (non-hydrogen) atoms. The molecule has 0 aliphatic rings. The van der Waals surface area contributed by atoms with E-state index >= 15 is 0 Å². The largest absolute Gasteiger partial charge is 0.497 e. The monoisotopic (exact) mass is 354 g/mol. The van der Waals surface area contributed by atoms with Gasteiger partial charge in [-0.25, -0.2) is 0 Å². The Morgan fingerprint density at radius 3 is 2.42 bits per heavy atom. The molecule has 0 fully saturated rings. The van der Waals surface area contributed by atoms with Crippen molar-refractivity contribution in [1.29, 1.82) is 0 Å². The van der Waals surface area contributed by atoms with Gasteiger partial charge in [-0.3, -0.25) is 9.59 Å². The van der Waals surface area contributed by atoms with E-state index in [9.17, 15) is 9.59 Å². The van der Waals surface area contributed by atoms with E-state index in [2.05, 4.69) is 5.32 Å². The van der Waals surface area contributed by atoms with Crippen molar-refractivity contribution in [3.63, 3.8) is 0 Å². The van der Waals surface area contributed by atoms with Gasteiger partial charge in [0.25, 0.3) is 0 Å². The van der Waals surface area contributed by atoms with Gasteiger partial charge < -0.3 is 15.0 Å². The van der Waals surface area contributed by atoms with Crippen molar-refractivity contribution in [2.75, 3.05) is 20.2 Å². The maximum Gasteiger partial charge on any atom is 0.239 e. The second kappa shape index (κ2) is 9.61. The molecular formula is C21H26N2O3. The molecular weight excluding hydrogens is 328 g/mol. The number of nitrogens with one attached hydrogen (secondary N) is 1. The fourth-order valence-electron chi connectivity index (χ4n) is 2.66. The number of aryl methyl sites for hydroxylation is 1. The smallest absolute Gasteiger partial charge is 0.239 e. The highest BCUT2D eigenvalue weighted by Crippen LogP contribution is 2.12. The summed E-state index contributed by atoms with van der Waals surface area (Å²) >= 11 is 0. The van der Waals surface area contributed by atoms with Crippen LogP contribution in [0.1, 0.15) is 23.6 Å². The second-order valence-electron chi connectivity index (χ2n) is 6.30. The number of carbonyl (C=O) groups is 2. The molecule has 0 unspecified atom stereocenters. The van der Waals surface area contributed by atoms with Crippen molar-refractivity contribution in [3.05, 3.63) is 65.2 Å². The van der Waals surface area contributed by atoms with Gasteiger partial charge in [0, 0.05) is 20.0 Å². The Hall–Kier alpha value is -2.82. The van der Waals surface area contributed by atoms with Crippen molar-refractivity contribution in [1.82, 2.24) is 10.2 Å². The van der Waals surface area contributed by atoms with Crippen LogP contribution in [-0.4, -0.2) is 36.9 Å². The minimum absolute atomic E-state index is 0.0668. The highest BCUT2D eigenvalue weighted by atomic mass is 16.5. The Labute approximate surface area is 155 Å². The molecule has 0 saturated heterocycles. The fourth-order valence-corrected chi connectivity index (χ4v) is 2.66. The lowest BCUT2D eigenvalue weighted by Crippen LogP contribution is -2.40. The minimum atomic E-state index is -0.156. The number of ether oxygens (including phenoxy) is 1. The summed E-state index contributed by atoms with van der Waals surface area (Å²) in [4.78, 5) is 25.6. The highest BCUT2D eigenvalue weighted by Gasteiger charge is 2.13. The average Bonchev–Trinajstić information content (AvgIpc) is 2.63. The van der Waals surface area contributed by atoms with Crippen LogP contribution in [0.15, 0.2) is 48.5 Å². The van der Waals surface area contributed by atoms with E-state index in [4.69, 9.17) is 4.74 Å². The van der Waals surface area contributed by atoms with Gasteiger partial charge in [0.2, 0.25) is 11.8 Å². The van der Waals surface area contributed by atoms with Gasteiger partial charge in [0.15, 0.2) is 0 Å². The Balaban J connectivity index is 1.84. The number of amides is 2. The first kappa shape index (κ1) is 19.5. The van der Waals surface area contributed by atoms with E-state index in [1.807, 2.05) is 55.5 Å². The number of benzene rings is 2. The molecule has 0 saturated carbocycles. The zero-order valence-corrected chi connectivity index (χ0v) is 15.6. The third kappa shape index (κ3) is 6.24. The number of carbonyl (C=O) groups excluding carboxylic acids is 2. The number of nitrogens with zero attached hydrogens (tertiary/aromatic N) is 1. The number of methoxy groups -OCH3 is 1. The Morgan fingerprint density at radius 2 is 1.81 bits per heavy atom. The van der Waals surface area contributed by atoms with Crippen LogP contribution in [-0.2, 0) is 22.6 Å². The van der Waals surface area contributed by atoms with Gasteiger partial charge >= 0.3 is 0 Å². The molecule has 2 rings (SSSR count). The van der Waals surface area contributed by atoms with Crippen molar-refractivity contribution in [2.24, 2.45) is 0 Å². The van der Waals surface area contributed by atoms with Crippen molar-refractivity contribution >= 4 is 11.8 Å². The van der Waals surface area contributed by atoms with Crippen LogP contribution in [0.25, 0.3) is 0 Å². The van der Waals surface area contributed by atoms with E-state index in [0.29, 0.717) is 19.5 Å². The van der Waals surface area contributed by atoms with Crippen molar-refractivity contribution in [3.8, 4) is 5.75 Å². The van der Waals surface area contributed by atoms with E-state index in [0.717, 1.165) is 22.4 Å². The molecule has 0 radical (unpaired) electrons. The summed E-state index contributed by atoms with van der Waals surface area (Å²) in [7, 11) is 1.63. The van der Waals surface area contributed by atoms with Crippen LogP contribution in [0.4, 0.5) is 0 Å². The summed E-state index contributed by atoms with van der Waals surface area (Å²) in [6.45, 7) is 4.53. The van der Waals surface area contributed by atoms with Crippen molar-refractivity contribution < 1.29 is 14.3 Å². The molecule has 0 aliphatic carbocycles. The van der Waals surface area contributed by atoms with Gasteiger partial charge in [-0.05, 0) is 36.6 Å². The lowest BCUT2D eigenvalue weighted by Gasteiger charge is -2.20. The molecule has 0 bridgehead atoms. The third-order valence-electron chi connectivity index (χ3n) is 4.18. The zero-order chi connectivity index (χ0) is 18.9. The maximum absolute atomic E-state index is 12.2. The third-order valence-corrected chi connectivity index (χ3v) is 4.18. The first-order valence-electron chi connectivity index (χ1n) is 8.68. The van der Waals surface area contributed by atoms with Crippen LogP contribution < -0.4 is 10.1 Å². The molecule has 0 aromatic heterocycles.